The second kappa shape index (κ2) is 14.3. The zero-order valence-electron chi connectivity index (χ0n) is 32.8. The van der Waals surface area contributed by atoms with Gasteiger partial charge in [0.15, 0.2) is 23.8 Å². The van der Waals surface area contributed by atoms with Crippen LogP contribution in [0.15, 0.2) is 0 Å². The quantitative estimate of drug-likeness (QED) is 0.0929. The third kappa shape index (κ3) is 6.26. The van der Waals surface area contributed by atoms with E-state index in [0.29, 0.717) is 51.4 Å². The third-order valence-electron chi connectivity index (χ3n) is 15.0. The van der Waals surface area contributed by atoms with Gasteiger partial charge in [-0.2, -0.15) is 26.3 Å². The summed E-state index contributed by atoms with van der Waals surface area (Å²) in [6.45, 7) is 9.45. The highest BCUT2D eigenvalue weighted by molar-refractivity contribution is 7.91. The van der Waals surface area contributed by atoms with Gasteiger partial charge in [0, 0.05) is 49.4 Å². The number of hydrogen-bond acceptors (Lipinski definition) is 11. The maximum absolute atomic E-state index is 15.1. The molecule has 10 rings (SSSR count). The summed E-state index contributed by atoms with van der Waals surface area (Å²) in [6, 6.07) is 0. The predicted octanol–water partition coefficient (Wildman–Crippen LogP) is 7.83. The SMILES string of the molecule is C[C@@H]1CC[C@H]2[C@@H](C)[C@](OCCC[S+]([O-])CCCO[C@@]3(C(F)(F)F)O[C@@H]4O[C@]5(C)CC[C@H]6[C@H](C)CC[C@@H]([C@H]3C)[C@@]46OO5)(C(F)(F)F)O[C@@H]3O[C@]4(C)CC[C@@H]1[C@]32OO4. The van der Waals surface area contributed by atoms with Crippen LogP contribution in [0.4, 0.5) is 26.3 Å². The van der Waals surface area contributed by atoms with Crippen molar-refractivity contribution in [1.82, 2.24) is 0 Å². The van der Waals surface area contributed by atoms with Crippen LogP contribution >= 0.6 is 0 Å². The summed E-state index contributed by atoms with van der Waals surface area (Å²) in [4.78, 5) is 23.4. The fourth-order valence-corrected chi connectivity index (χ4v) is 13.1. The summed E-state index contributed by atoms with van der Waals surface area (Å²) in [5.74, 6) is -12.3. The number of rotatable bonds is 10. The van der Waals surface area contributed by atoms with Crippen molar-refractivity contribution in [2.75, 3.05) is 24.7 Å². The Morgan fingerprint density at radius 3 is 1.34 bits per heavy atom. The highest BCUT2D eigenvalue weighted by Gasteiger charge is 2.79. The van der Waals surface area contributed by atoms with Crippen LogP contribution in [0.2, 0.25) is 0 Å². The van der Waals surface area contributed by atoms with Crippen LogP contribution in [-0.2, 0) is 59.1 Å². The molecule has 11 nitrogen and oxygen atoms in total. The third-order valence-corrected chi connectivity index (χ3v) is 16.5. The minimum atomic E-state index is -4.94. The molecule has 8 saturated heterocycles. The molecule has 10 aliphatic rings. The van der Waals surface area contributed by atoms with Crippen molar-refractivity contribution in [3.8, 4) is 0 Å². The zero-order chi connectivity index (χ0) is 40.3. The Morgan fingerprint density at radius 1 is 0.571 bits per heavy atom. The summed E-state index contributed by atoms with van der Waals surface area (Å²) in [6.07, 6.45) is -8.23. The normalized spacial score (nSPS) is 51.3. The first-order valence-corrected chi connectivity index (χ1v) is 21.9. The molecule has 2 spiro atoms. The van der Waals surface area contributed by atoms with Crippen molar-refractivity contribution in [2.45, 2.75) is 165 Å². The van der Waals surface area contributed by atoms with Crippen LogP contribution < -0.4 is 0 Å². The van der Waals surface area contributed by atoms with Crippen molar-refractivity contribution in [1.29, 1.82) is 0 Å². The molecule has 0 unspecified atom stereocenters. The first-order chi connectivity index (χ1) is 26.2. The summed E-state index contributed by atoms with van der Waals surface area (Å²) < 4.78 is 139. The van der Waals surface area contributed by atoms with Gasteiger partial charge >= 0.3 is 12.4 Å². The molecule has 0 radical (unpaired) electrons. The van der Waals surface area contributed by atoms with Crippen LogP contribution in [0.5, 0.6) is 0 Å². The molecule has 0 aromatic heterocycles. The molecule has 18 heteroatoms. The topological polar surface area (TPSA) is 115 Å². The van der Waals surface area contributed by atoms with Gasteiger partial charge in [0.05, 0.1) is 13.2 Å². The largest absolute Gasteiger partial charge is 0.616 e. The van der Waals surface area contributed by atoms with Gasteiger partial charge in [-0.05, 0) is 76.0 Å². The van der Waals surface area contributed by atoms with Crippen LogP contribution in [0, 0.1) is 47.3 Å². The number of alkyl halides is 6. The maximum atomic E-state index is 15.1. The highest BCUT2D eigenvalue weighted by atomic mass is 32.2. The van der Waals surface area contributed by atoms with Crippen LogP contribution in [0.3, 0.4) is 0 Å². The summed E-state index contributed by atoms with van der Waals surface area (Å²) in [5.41, 5.74) is -2.44. The summed E-state index contributed by atoms with van der Waals surface area (Å²) >= 11 is -1.60. The number of fused-ring (bicyclic) bond motifs is 4. The molecule has 10 fully saturated rings. The van der Waals surface area contributed by atoms with Crippen molar-refractivity contribution < 1.29 is 78.9 Å². The Morgan fingerprint density at radius 2 is 0.964 bits per heavy atom. The molecule has 56 heavy (non-hydrogen) atoms. The molecule has 4 bridgehead atoms. The minimum Gasteiger partial charge on any atom is -0.616 e. The first-order valence-electron chi connectivity index (χ1n) is 20.4. The Bertz CT molecular complexity index is 1360. The smallest absolute Gasteiger partial charge is 0.443 e. The molecule has 8 aliphatic heterocycles. The molecule has 8 heterocycles. The van der Waals surface area contributed by atoms with Gasteiger partial charge in [0.1, 0.15) is 11.5 Å². The minimum absolute atomic E-state index is 0.0183. The molecule has 322 valence electrons. The Hall–Kier alpha value is -0.510. The lowest BCUT2D eigenvalue weighted by Crippen LogP contribution is -2.76. The Labute approximate surface area is 326 Å². The highest BCUT2D eigenvalue weighted by Crippen LogP contribution is 2.66. The van der Waals surface area contributed by atoms with Gasteiger partial charge in [-0.3, -0.25) is 0 Å². The number of halogens is 6. The van der Waals surface area contributed by atoms with Crippen LogP contribution in [-0.4, -0.2) is 88.6 Å². The number of ether oxygens (including phenoxy) is 6. The standard InChI is InChI=1S/C38H56F6O11S/c1-21-9-11-27-23(3)35(37(39,40)41,50-29-33(27)25(21)13-15-31(5,48-29)52-54-33)46-17-7-19-56(45)20-8-18-47-36(38(42,43)44)24(4)28-12-10-22(2)26-14-16-32(6)49-30(51-36)34(26,28)55-53-32/h21-30H,7-20H2,1-6H3/t21-,22-,23-,24-,25+,26+,27+,28+,29+,30+,31+,32+,33-,34-,35-,36-/m1/s1. The molecule has 0 aromatic rings. The van der Waals surface area contributed by atoms with E-state index in [2.05, 4.69) is 13.8 Å². The van der Waals surface area contributed by atoms with E-state index in [4.69, 9.17) is 48.0 Å². The second-order valence-corrected chi connectivity index (χ2v) is 19.9. The molecule has 16 atom stereocenters. The van der Waals surface area contributed by atoms with Gasteiger partial charge in [0.25, 0.3) is 11.6 Å². The van der Waals surface area contributed by atoms with E-state index in [-0.39, 0.29) is 48.0 Å². The number of hydrogen-bond donors (Lipinski definition) is 0. The monoisotopic (exact) mass is 834 g/mol. The fraction of sp³-hybridized carbons (Fsp3) is 1.00. The Kier molecular flexibility index (Phi) is 10.8. The van der Waals surface area contributed by atoms with E-state index in [9.17, 15) is 4.55 Å². The zero-order valence-corrected chi connectivity index (χ0v) is 33.7. The summed E-state index contributed by atoms with van der Waals surface area (Å²) in [5, 5.41) is 0. The van der Waals surface area contributed by atoms with Crippen LogP contribution in [0.1, 0.15) is 106 Å². The second-order valence-electron chi connectivity index (χ2n) is 18.2. The molecule has 0 amide bonds. The lowest BCUT2D eigenvalue weighted by Gasteiger charge is -2.62. The van der Waals surface area contributed by atoms with Crippen LogP contribution in [0.25, 0.3) is 0 Å². The average molecular weight is 835 g/mol. The summed E-state index contributed by atoms with van der Waals surface area (Å²) in [7, 11) is 0. The molecular formula is C38H56F6O11S. The van der Waals surface area contributed by atoms with E-state index < -0.39 is 107 Å². The Balaban J connectivity index is 0.890. The van der Waals surface area contributed by atoms with E-state index in [1.807, 2.05) is 0 Å². The van der Waals surface area contributed by atoms with Crippen molar-refractivity contribution in [3.63, 3.8) is 0 Å². The lowest BCUT2D eigenvalue weighted by molar-refractivity contribution is -0.598. The fourth-order valence-electron chi connectivity index (χ4n) is 12.0. The predicted molar refractivity (Wildman–Crippen MR) is 183 cm³/mol. The van der Waals surface area contributed by atoms with E-state index >= 15 is 26.3 Å². The molecule has 2 aliphatic carbocycles. The van der Waals surface area contributed by atoms with Gasteiger partial charge in [-0.15, -0.1) is 0 Å². The molecule has 0 aromatic carbocycles. The van der Waals surface area contributed by atoms with Gasteiger partial charge < -0.3 is 33.0 Å². The maximum Gasteiger partial charge on any atom is 0.443 e. The average Bonchev–Trinajstić information content (AvgIpc) is 3.49. The molecule has 2 saturated carbocycles. The van der Waals surface area contributed by atoms with Crippen molar-refractivity contribution in [3.05, 3.63) is 0 Å². The van der Waals surface area contributed by atoms with Crippen molar-refractivity contribution >= 4 is 11.2 Å². The van der Waals surface area contributed by atoms with E-state index in [1.165, 1.54) is 13.8 Å². The van der Waals surface area contributed by atoms with Gasteiger partial charge in [0.2, 0.25) is 11.6 Å². The molecule has 0 N–H and O–H groups in total. The van der Waals surface area contributed by atoms with Crippen molar-refractivity contribution in [2.24, 2.45) is 47.3 Å². The van der Waals surface area contributed by atoms with Gasteiger partial charge in [-0.1, -0.05) is 38.9 Å². The first kappa shape index (κ1) is 42.2. The van der Waals surface area contributed by atoms with Gasteiger partial charge in [-0.25, -0.2) is 19.6 Å². The van der Waals surface area contributed by atoms with E-state index in [0.717, 1.165) is 0 Å². The lowest BCUT2D eigenvalue weighted by atomic mass is 9.57. The molecular weight excluding hydrogens is 778 g/mol. The van der Waals surface area contributed by atoms with E-state index in [1.54, 1.807) is 13.8 Å².